The molecule has 0 unspecified atom stereocenters. The largest absolute Gasteiger partial charge is 0.481 e. The topological polar surface area (TPSA) is 54.4 Å². The molecule has 1 rings (SSSR count). The molecule has 0 aromatic heterocycles. The van der Waals surface area contributed by atoms with Gasteiger partial charge in [0, 0.05) is 19.3 Å². The highest BCUT2D eigenvalue weighted by Gasteiger charge is 2.09. The van der Waals surface area contributed by atoms with Crippen molar-refractivity contribution < 1.29 is 14.7 Å². The maximum Gasteiger partial charge on any atom is 0.303 e. The maximum atomic E-state index is 11.1. The lowest BCUT2D eigenvalue weighted by atomic mass is 10.0. The van der Waals surface area contributed by atoms with Gasteiger partial charge in [-0.2, -0.15) is 0 Å². The van der Waals surface area contributed by atoms with Gasteiger partial charge in [0.15, 0.2) is 0 Å². The number of Topliss-reactive ketones (excluding diaryl/α,β-unsaturated/α-hetero) is 1. The van der Waals surface area contributed by atoms with E-state index in [1.165, 1.54) is 5.57 Å². The van der Waals surface area contributed by atoms with Crippen LogP contribution in [-0.2, 0) is 9.59 Å². The first-order chi connectivity index (χ1) is 6.68. The lowest BCUT2D eigenvalue weighted by Gasteiger charge is -2.02. The summed E-state index contributed by atoms with van der Waals surface area (Å²) in [6, 6.07) is 0. The molecule has 0 amide bonds. The molecular weight excluding hydrogens is 180 g/mol. The predicted molar refractivity (Wildman–Crippen MR) is 53.0 cm³/mol. The van der Waals surface area contributed by atoms with Crippen LogP contribution in [-0.4, -0.2) is 16.9 Å². The summed E-state index contributed by atoms with van der Waals surface area (Å²) in [6.45, 7) is 0. The fourth-order valence-electron chi connectivity index (χ4n) is 1.66. The minimum Gasteiger partial charge on any atom is -0.481 e. The van der Waals surface area contributed by atoms with Gasteiger partial charge in [-0.25, -0.2) is 0 Å². The van der Waals surface area contributed by atoms with Crippen molar-refractivity contribution in [3.8, 4) is 0 Å². The van der Waals surface area contributed by atoms with Crippen molar-refractivity contribution in [2.75, 3.05) is 0 Å². The van der Waals surface area contributed by atoms with E-state index in [9.17, 15) is 9.59 Å². The summed E-state index contributed by atoms with van der Waals surface area (Å²) in [4.78, 5) is 21.4. The third-order valence-electron chi connectivity index (χ3n) is 2.47. The molecule has 0 bridgehead atoms. The zero-order chi connectivity index (χ0) is 10.4. The highest BCUT2D eigenvalue weighted by molar-refractivity contribution is 5.79. The van der Waals surface area contributed by atoms with Gasteiger partial charge in [0.2, 0.25) is 0 Å². The summed E-state index contributed by atoms with van der Waals surface area (Å²) in [5.41, 5.74) is 1.26. The van der Waals surface area contributed by atoms with Crippen LogP contribution in [0, 0.1) is 0 Å². The van der Waals surface area contributed by atoms with Crippen LogP contribution in [0.15, 0.2) is 11.6 Å². The lowest BCUT2D eigenvalue weighted by Crippen LogP contribution is -1.96. The van der Waals surface area contributed by atoms with Gasteiger partial charge in [0.1, 0.15) is 5.78 Å². The van der Waals surface area contributed by atoms with E-state index in [4.69, 9.17) is 5.11 Å². The number of ketones is 1. The molecule has 0 saturated heterocycles. The summed E-state index contributed by atoms with van der Waals surface area (Å²) < 4.78 is 0. The molecule has 1 aliphatic rings. The Balaban J connectivity index is 2.26. The highest BCUT2D eigenvalue weighted by Crippen LogP contribution is 2.19. The Kier molecular flexibility index (Phi) is 4.36. The Morgan fingerprint density at radius 1 is 1.36 bits per heavy atom. The molecule has 0 saturated carbocycles. The second kappa shape index (κ2) is 5.58. The predicted octanol–water partition coefficient (Wildman–Crippen LogP) is 2.31. The lowest BCUT2D eigenvalue weighted by molar-refractivity contribution is -0.137. The summed E-state index contributed by atoms with van der Waals surface area (Å²) in [6.07, 6.45) is 6.81. The van der Waals surface area contributed by atoms with E-state index < -0.39 is 5.97 Å². The molecule has 0 radical (unpaired) electrons. The number of carbonyl (C=O) groups excluding carboxylic acids is 1. The minimum absolute atomic E-state index is 0.227. The Labute approximate surface area is 83.8 Å². The van der Waals surface area contributed by atoms with Crippen LogP contribution in [0.5, 0.6) is 0 Å². The molecule has 1 aliphatic carbocycles. The van der Waals surface area contributed by atoms with E-state index in [-0.39, 0.29) is 6.42 Å². The Bertz CT molecular complexity index is 253. The Morgan fingerprint density at radius 3 is 2.86 bits per heavy atom. The molecule has 1 N–H and O–H groups in total. The molecule has 3 heteroatoms. The fraction of sp³-hybridized carbons (Fsp3) is 0.636. The zero-order valence-electron chi connectivity index (χ0n) is 8.29. The molecule has 14 heavy (non-hydrogen) atoms. The van der Waals surface area contributed by atoms with E-state index in [1.54, 1.807) is 0 Å². The number of allylic oxidation sites excluding steroid dienone is 2. The smallest absolute Gasteiger partial charge is 0.303 e. The minimum atomic E-state index is -0.740. The number of hydrogen-bond donors (Lipinski definition) is 1. The normalized spacial score (nSPS) is 17.4. The van der Waals surface area contributed by atoms with Crippen molar-refractivity contribution in [2.45, 2.75) is 44.9 Å². The van der Waals surface area contributed by atoms with Crippen LogP contribution in [0.25, 0.3) is 0 Å². The number of hydrogen-bond acceptors (Lipinski definition) is 2. The second-order valence-electron chi connectivity index (χ2n) is 3.69. The van der Waals surface area contributed by atoms with Crippen LogP contribution in [0.4, 0.5) is 0 Å². The van der Waals surface area contributed by atoms with Gasteiger partial charge in [-0.05, 0) is 25.7 Å². The van der Waals surface area contributed by atoms with Crippen LogP contribution in [0.3, 0.4) is 0 Å². The van der Waals surface area contributed by atoms with Crippen LogP contribution in [0.1, 0.15) is 44.9 Å². The first-order valence-corrected chi connectivity index (χ1v) is 5.10. The average Bonchev–Trinajstić information content (AvgIpc) is 2.30. The van der Waals surface area contributed by atoms with Crippen molar-refractivity contribution in [1.82, 2.24) is 0 Å². The van der Waals surface area contributed by atoms with Crippen LogP contribution >= 0.6 is 0 Å². The molecule has 0 atom stereocenters. The second-order valence-corrected chi connectivity index (χ2v) is 3.69. The Morgan fingerprint density at radius 2 is 2.14 bits per heavy atom. The van der Waals surface area contributed by atoms with Crippen molar-refractivity contribution in [1.29, 1.82) is 0 Å². The summed E-state index contributed by atoms with van der Waals surface area (Å²) >= 11 is 0. The SMILES string of the molecule is O=C(O)CCCC1=CCCC(=O)CC1. The molecule has 0 aromatic rings. The van der Waals surface area contributed by atoms with Gasteiger partial charge in [0.05, 0.1) is 0 Å². The summed E-state index contributed by atoms with van der Waals surface area (Å²) in [7, 11) is 0. The first kappa shape index (κ1) is 11.0. The molecule has 0 fully saturated rings. The standard InChI is InChI=1S/C11H16O3/c12-10-5-1-3-9(7-8-10)4-2-6-11(13)14/h3H,1-2,4-8H2,(H,13,14). The van der Waals surface area contributed by atoms with Gasteiger partial charge < -0.3 is 5.11 Å². The first-order valence-electron chi connectivity index (χ1n) is 5.10. The molecule has 0 aromatic carbocycles. The average molecular weight is 196 g/mol. The van der Waals surface area contributed by atoms with Crippen molar-refractivity contribution in [3.63, 3.8) is 0 Å². The highest BCUT2D eigenvalue weighted by atomic mass is 16.4. The van der Waals surface area contributed by atoms with E-state index >= 15 is 0 Å². The number of carbonyl (C=O) groups is 2. The van der Waals surface area contributed by atoms with Crippen LogP contribution in [0.2, 0.25) is 0 Å². The zero-order valence-corrected chi connectivity index (χ0v) is 8.29. The van der Waals surface area contributed by atoms with Gasteiger partial charge in [-0.3, -0.25) is 9.59 Å². The fourth-order valence-corrected chi connectivity index (χ4v) is 1.66. The molecule has 0 spiro atoms. The van der Waals surface area contributed by atoms with Gasteiger partial charge in [-0.1, -0.05) is 11.6 Å². The van der Waals surface area contributed by atoms with Crippen LogP contribution < -0.4 is 0 Å². The molecule has 78 valence electrons. The monoisotopic (exact) mass is 196 g/mol. The number of carboxylic acid groups (broad SMARTS) is 1. The third kappa shape index (κ3) is 4.21. The van der Waals surface area contributed by atoms with E-state index in [0.717, 1.165) is 19.3 Å². The van der Waals surface area contributed by atoms with E-state index in [1.807, 2.05) is 0 Å². The van der Waals surface area contributed by atoms with Crippen molar-refractivity contribution in [3.05, 3.63) is 11.6 Å². The molecular formula is C11H16O3. The summed E-state index contributed by atoms with van der Waals surface area (Å²) in [5, 5.41) is 8.47. The molecule has 3 nitrogen and oxygen atoms in total. The van der Waals surface area contributed by atoms with Crippen molar-refractivity contribution in [2.24, 2.45) is 0 Å². The Hall–Kier alpha value is -1.12. The number of rotatable bonds is 4. The van der Waals surface area contributed by atoms with Gasteiger partial charge >= 0.3 is 5.97 Å². The molecule has 0 aliphatic heterocycles. The number of aliphatic carboxylic acids is 1. The third-order valence-corrected chi connectivity index (χ3v) is 2.47. The maximum absolute atomic E-state index is 11.1. The quantitative estimate of drug-likeness (QED) is 0.702. The summed E-state index contributed by atoms with van der Waals surface area (Å²) in [5.74, 6) is -0.412. The van der Waals surface area contributed by atoms with Gasteiger partial charge in [-0.15, -0.1) is 0 Å². The number of carboxylic acids is 1. The molecule has 0 heterocycles. The van der Waals surface area contributed by atoms with E-state index in [0.29, 0.717) is 25.0 Å². The van der Waals surface area contributed by atoms with Crippen molar-refractivity contribution >= 4 is 11.8 Å². The van der Waals surface area contributed by atoms with E-state index in [2.05, 4.69) is 6.08 Å². The van der Waals surface area contributed by atoms with Gasteiger partial charge in [0.25, 0.3) is 0 Å².